The number of likely N-dealkylation sites (tertiary alicyclic amines) is 1. The summed E-state index contributed by atoms with van der Waals surface area (Å²) in [7, 11) is 0. The van der Waals surface area contributed by atoms with Gasteiger partial charge >= 0.3 is 0 Å². The fourth-order valence-corrected chi connectivity index (χ4v) is 5.37. The lowest BCUT2D eigenvalue weighted by Crippen LogP contribution is -2.40. The molecule has 0 saturated carbocycles. The van der Waals surface area contributed by atoms with E-state index in [0.29, 0.717) is 6.54 Å². The summed E-state index contributed by atoms with van der Waals surface area (Å²) in [5.74, 6) is 2.46. The summed E-state index contributed by atoms with van der Waals surface area (Å²) in [5.41, 5.74) is 0.981. The predicted molar refractivity (Wildman–Crippen MR) is 116 cm³/mol. The summed E-state index contributed by atoms with van der Waals surface area (Å²) in [4.78, 5) is 30.2. The van der Waals surface area contributed by atoms with Crippen LogP contribution in [0.4, 0.5) is 5.69 Å². The Balaban J connectivity index is 1.34. The molecule has 0 radical (unpaired) electrons. The molecule has 0 unspecified atom stereocenters. The van der Waals surface area contributed by atoms with Crippen molar-refractivity contribution in [1.29, 1.82) is 0 Å². The van der Waals surface area contributed by atoms with Crippen molar-refractivity contribution in [2.75, 3.05) is 43.4 Å². The number of carbonyl (C=O) groups excluding carboxylic acids is 2. The fourth-order valence-electron chi connectivity index (χ4n) is 4.38. The number of anilines is 1. The molecule has 2 aliphatic rings. The van der Waals surface area contributed by atoms with Gasteiger partial charge in [-0.15, -0.1) is 11.8 Å². The van der Waals surface area contributed by atoms with Crippen LogP contribution in [0.5, 0.6) is 0 Å². The summed E-state index contributed by atoms with van der Waals surface area (Å²) in [5, 5.41) is 2.98. The molecule has 2 amide bonds. The van der Waals surface area contributed by atoms with E-state index in [1.807, 2.05) is 23.1 Å². The summed E-state index contributed by atoms with van der Waals surface area (Å²) in [6, 6.07) is 8.00. The lowest BCUT2D eigenvalue weighted by molar-refractivity contribution is -0.125. The molecule has 1 N–H and O–H groups in total. The Kier molecular flexibility index (Phi) is 7.80. The minimum atomic E-state index is -0.0200. The van der Waals surface area contributed by atoms with E-state index < -0.39 is 0 Å². The number of amides is 2. The van der Waals surface area contributed by atoms with Crippen LogP contribution in [0.3, 0.4) is 0 Å². The van der Waals surface area contributed by atoms with Crippen molar-refractivity contribution < 1.29 is 9.59 Å². The maximum Gasteiger partial charge on any atom is 0.227 e. The van der Waals surface area contributed by atoms with Crippen LogP contribution in [-0.4, -0.2) is 55.2 Å². The maximum absolute atomic E-state index is 12.6. The number of benzene rings is 1. The highest BCUT2D eigenvalue weighted by molar-refractivity contribution is 7.99. The molecular weight excluding hydrogens is 370 g/mol. The average molecular weight is 404 g/mol. The topological polar surface area (TPSA) is 52.7 Å². The van der Waals surface area contributed by atoms with Crippen molar-refractivity contribution >= 4 is 29.3 Å². The second-order valence-corrected chi connectivity index (χ2v) is 9.41. The van der Waals surface area contributed by atoms with E-state index in [0.717, 1.165) is 47.7 Å². The van der Waals surface area contributed by atoms with Gasteiger partial charge in [0.2, 0.25) is 11.8 Å². The third-order valence-electron chi connectivity index (χ3n) is 5.51. The third kappa shape index (κ3) is 5.98. The molecule has 3 rings (SSSR count). The van der Waals surface area contributed by atoms with Crippen molar-refractivity contribution in [3.05, 3.63) is 24.3 Å². The van der Waals surface area contributed by atoms with Gasteiger partial charge in [0.25, 0.3) is 0 Å². The minimum Gasteiger partial charge on any atom is -0.356 e. The highest BCUT2D eigenvalue weighted by Crippen LogP contribution is 2.34. The second-order valence-electron chi connectivity index (χ2n) is 8.27. The van der Waals surface area contributed by atoms with Crippen molar-refractivity contribution in [2.45, 2.75) is 44.4 Å². The number of hydrogen-bond donors (Lipinski definition) is 1. The monoisotopic (exact) mass is 403 g/mol. The first-order valence-electron chi connectivity index (χ1n) is 10.5. The first-order chi connectivity index (χ1) is 13.5. The van der Waals surface area contributed by atoms with Crippen molar-refractivity contribution in [3.63, 3.8) is 0 Å². The largest absolute Gasteiger partial charge is 0.356 e. The molecule has 1 aromatic carbocycles. The van der Waals surface area contributed by atoms with Gasteiger partial charge in [0.05, 0.1) is 5.69 Å². The van der Waals surface area contributed by atoms with Gasteiger partial charge in [0, 0.05) is 49.7 Å². The molecule has 0 aliphatic carbocycles. The second kappa shape index (κ2) is 10.3. The number of thioether (sulfide) groups is 1. The lowest BCUT2D eigenvalue weighted by atomic mass is 9.92. The number of piperidine rings is 1. The number of nitrogens with one attached hydrogen (secondary N) is 1. The van der Waals surface area contributed by atoms with Crippen LogP contribution in [0.15, 0.2) is 29.2 Å². The quantitative estimate of drug-likeness (QED) is 0.709. The van der Waals surface area contributed by atoms with Crippen LogP contribution >= 0.6 is 11.8 Å². The van der Waals surface area contributed by atoms with Gasteiger partial charge in [-0.3, -0.25) is 9.59 Å². The number of para-hydroxylation sites is 1. The van der Waals surface area contributed by atoms with Crippen LogP contribution in [0, 0.1) is 11.8 Å². The maximum atomic E-state index is 12.6. The fraction of sp³-hybridized carbons (Fsp3) is 0.636. The number of carbonyl (C=O) groups is 2. The highest BCUT2D eigenvalue weighted by Gasteiger charge is 2.23. The number of rotatable bonds is 7. The van der Waals surface area contributed by atoms with Crippen LogP contribution in [0.25, 0.3) is 0 Å². The van der Waals surface area contributed by atoms with Gasteiger partial charge in [-0.05, 0) is 43.4 Å². The standard InChI is InChI=1S/C22H33N3O2S/c1-17-14-18(2)16-24(15-17)11-5-10-23-21(26)8-9-22(27)25-12-13-28-20-7-4-3-6-19(20)25/h3-4,6-7,17-18H,5,8-16H2,1-2H3,(H,23,26)/t17-,18-/m1/s1. The van der Waals surface area contributed by atoms with E-state index in [9.17, 15) is 9.59 Å². The molecular formula is C22H33N3O2S. The average Bonchev–Trinajstić information content (AvgIpc) is 2.68. The molecule has 0 spiro atoms. The molecule has 28 heavy (non-hydrogen) atoms. The van der Waals surface area contributed by atoms with E-state index in [1.54, 1.807) is 11.8 Å². The van der Waals surface area contributed by atoms with Gasteiger partial charge < -0.3 is 15.1 Å². The predicted octanol–water partition coefficient (Wildman–Crippen LogP) is 3.39. The van der Waals surface area contributed by atoms with Crippen LogP contribution < -0.4 is 10.2 Å². The van der Waals surface area contributed by atoms with Gasteiger partial charge in [-0.1, -0.05) is 26.0 Å². The Bertz CT molecular complexity index is 672. The molecule has 154 valence electrons. The number of nitrogens with zero attached hydrogens (tertiary/aromatic N) is 2. The molecule has 1 saturated heterocycles. The molecule has 2 atom stereocenters. The van der Waals surface area contributed by atoms with Crippen molar-refractivity contribution in [1.82, 2.24) is 10.2 Å². The van der Waals surface area contributed by atoms with Gasteiger partial charge in [-0.2, -0.15) is 0 Å². The Morgan fingerprint density at radius 3 is 2.68 bits per heavy atom. The zero-order valence-corrected chi connectivity index (χ0v) is 18.0. The Morgan fingerprint density at radius 1 is 1.14 bits per heavy atom. The van der Waals surface area contributed by atoms with E-state index in [4.69, 9.17) is 0 Å². The smallest absolute Gasteiger partial charge is 0.227 e. The number of hydrogen-bond acceptors (Lipinski definition) is 4. The first-order valence-corrected chi connectivity index (χ1v) is 11.5. The Labute approximate surface area is 173 Å². The van der Waals surface area contributed by atoms with Crippen molar-refractivity contribution in [2.24, 2.45) is 11.8 Å². The molecule has 1 aromatic rings. The van der Waals surface area contributed by atoms with E-state index in [1.165, 1.54) is 19.5 Å². The van der Waals surface area contributed by atoms with Crippen LogP contribution in [-0.2, 0) is 9.59 Å². The molecule has 6 heteroatoms. The zero-order chi connectivity index (χ0) is 19.9. The molecule has 2 aliphatic heterocycles. The Morgan fingerprint density at radius 2 is 1.89 bits per heavy atom. The summed E-state index contributed by atoms with van der Waals surface area (Å²) >= 11 is 1.78. The van der Waals surface area contributed by atoms with Gasteiger partial charge in [0.1, 0.15) is 0 Å². The zero-order valence-electron chi connectivity index (χ0n) is 17.2. The Hall–Kier alpha value is -1.53. The van der Waals surface area contributed by atoms with Crippen LogP contribution in [0.2, 0.25) is 0 Å². The van der Waals surface area contributed by atoms with Gasteiger partial charge in [0.15, 0.2) is 0 Å². The van der Waals surface area contributed by atoms with E-state index in [-0.39, 0.29) is 24.7 Å². The summed E-state index contributed by atoms with van der Waals surface area (Å²) < 4.78 is 0. The SMILES string of the molecule is C[C@@H]1C[C@@H](C)CN(CCCNC(=O)CCC(=O)N2CCSc3ccccc32)C1. The third-order valence-corrected chi connectivity index (χ3v) is 6.56. The van der Waals surface area contributed by atoms with E-state index in [2.05, 4.69) is 30.1 Å². The van der Waals surface area contributed by atoms with Crippen LogP contribution in [0.1, 0.15) is 39.5 Å². The normalized spacial score (nSPS) is 22.6. The van der Waals surface area contributed by atoms with Gasteiger partial charge in [-0.25, -0.2) is 0 Å². The molecule has 1 fully saturated rings. The highest BCUT2D eigenvalue weighted by atomic mass is 32.2. The minimum absolute atomic E-state index is 0.0200. The summed E-state index contributed by atoms with van der Waals surface area (Å²) in [6.07, 6.45) is 2.83. The van der Waals surface area contributed by atoms with E-state index >= 15 is 0 Å². The van der Waals surface area contributed by atoms with Crippen molar-refractivity contribution in [3.8, 4) is 0 Å². The first kappa shape index (κ1) is 21.2. The molecule has 0 aromatic heterocycles. The molecule has 5 nitrogen and oxygen atoms in total. The number of fused-ring (bicyclic) bond motifs is 1. The lowest BCUT2D eigenvalue weighted by Gasteiger charge is -2.34. The molecule has 0 bridgehead atoms. The summed E-state index contributed by atoms with van der Waals surface area (Å²) in [6.45, 7) is 9.42. The molecule has 2 heterocycles.